The number of aromatic nitrogens is 4. The minimum atomic E-state index is -0.445. The summed E-state index contributed by atoms with van der Waals surface area (Å²) in [6.45, 7) is 7.53. The molecule has 0 aliphatic carbocycles. The number of rotatable bonds is 3. The van der Waals surface area contributed by atoms with Gasteiger partial charge in [0, 0.05) is 17.9 Å². The molecule has 2 aromatic heterocycles. The summed E-state index contributed by atoms with van der Waals surface area (Å²) in [5, 5.41) is 15.4. The van der Waals surface area contributed by atoms with Crippen molar-refractivity contribution in [2.24, 2.45) is 0 Å². The van der Waals surface area contributed by atoms with E-state index in [2.05, 4.69) is 20.6 Å². The maximum atomic E-state index is 13.1. The number of hydrogen-bond acceptors (Lipinski definition) is 8. The van der Waals surface area contributed by atoms with Crippen LogP contribution in [0.25, 0.3) is 4.96 Å². The van der Waals surface area contributed by atoms with Crippen molar-refractivity contribution in [3.63, 3.8) is 0 Å². The van der Waals surface area contributed by atoms with Gasteiger partial charge in [0.1, 0.15) is 5.69 Å². The minimum absolute atomic E-state index is 0.112. The standard InChI is InChI=1S/C20H22N6O3S2/c1-11-9-14(27)21-12-7-5-6-8-13(12)25(11)15(28)10-30-19-24-26-17(29)16(20(2,3)4)22-23-18(26)31-19/h5-8,11H,9-10H2,1-4H3,(H,21,27)/t11-/m1/s1. The van der Waals surface area contributed by atoms with Gasteiger partial charge in [-0.3, -0.25) is 14.4 Å². The van der Waals surface area contributed by atoms with Gasteiger partial charge in [-0.25, -0.2) is 0 Å². The van der Waals surface area contributed by atoms with Crippen molar-refractivity contribution >= 4 is 51.2 Å². The van der Waals surface area contributed by atoms with E-state index in [1.165, 1.54) is 27.6 Å². The van der Waals surface area contributed by atoms with Crippen molar-refractivity contribution in [2.75, 3.05) is 16.0 Å². The van der Waals surface area contributed by atoms with Gasteiger partial charge in [-0.05, 0) is 19.1 Å². The zero-order valence-electron chi connectivity index (χ0n) is 17.6. The first-order valence-electron chi connectivity index (χ1n) is 9.76. The van der Waals surface area contributed by atoms with Gasteiger partial charge in [0.15, 0.2) is 4.34 Å². The Kier molecular flexibility index (Phi) is 5.56. The van der Waals surface area contributed by atoms with E-state index >= 15 is 0 Å². The lowest BCUT2D eigenvalue weighted by atomic mass is 9.93. The molecule has 3 heterocycles. The fourth-order valence-electron chi connectivity index (χ4n) is 3.39. The first-order valence-corrected chi connectivity index (χ1v) is 11.6. The topological polar surface area (TPSA) is 110 Å². The van der Waals surface area contributed by atoms with Gasteiger partial charge in [-0.1, -0.05) is 56.0 Å². The average Bonchev–Trinajstić information content (AvgIpc) is 3.05. The molecular weight excluding hydrogens is 436 g/mol. The molecule has 0 saturated heterocycles. The van der Waals surface area contributed by atoms with Crippen LogP contribution in [-0.4, -0.2) is 43.4 Å². The summed E-state index contributed by atoms with van der Waals surface area (Å²) in [4.78, 5) is 40.0. The Morgan fingerprint density at radius 3 is 2.74 bits per heavy atom. The van der Waals surface area contributed by atoms with Crippen LogP contribution < -0.4 is 15.8 Å². The molecule has 0 bridgehead atoms. The van der Waals surface area contributed by atoms with Crippen LogP contribution in [-0.2, 0) is 15.0 Å². The summed E-state index contributed by atoms with van der Waals surface area (Å²) in [7, 11) is 0. The third kappa shape index (κ3) is 4.19. The van der Waals surface area contributed by atoms with Crippen molar-refractivity contribution < 1.29 is 9.59 Å². The Labute approximate surface area is 186 Å². The quantitative estimate of drug-likeness (QED) is 0.601. The van der Waals surface area contributed by atoms with Gasteiger partial charge in [-0.15, -0.1) is 15.3 Å². The molecule has 9 nitrogen and oxygen atoms in total. The van der Waals surface area contributed by atoms with Crippen molar-refractivity contribution in [1.82, 2.24) is 19.8 Å². The van der Waals surface area contributed by atoms with Crippen LogP contribution in [0.1, 0.15) is 39.8 Å². The van der Waals surface area contributed by atoms with Crippen LogP contribution in [0.5, 0.6) is 0 Å². The van der Waals surface area contributed by atoms with Gasteiger partial charge in [0.2, 0.25) is 16.8 Å². The molecule has 31 heavy (non-hydrogen) atoms. The second-order valence-corrected chi connectivity index (χ2v) is 10.5. The average molecular weight is 459 g/mol. The highest BCUT2D eigenvalue weighted by molar-refractivity contribution is 8.01. The number of carbonyl (C=O) groups excluding carboxylic acids is 2. The number of nitrogens with one attached hydrogen (secondary N) is 1. The normalized spacial score (nSPS) is 16.7. The molecule has 4 rings (SSSR count). The highest BCUT2D eigenvalue weighted by Crippen LogP contribution is 2.32. The summed E-state index contributed by atoms with van der Waals surface area (Å²) >= 11 is 2.45. The van der Waals surface area contributed by atoms with Crippen LogP contribution in [0.2, 0.25) is 0 Å². The maximum absolute atomic E-state index is 13.1. The molecule has 0 fully saturated rings. The van der Waals surface area contributed by atoms with Gasteiger partial charge < -0.3 is 10.2 Å². The highest BCUT2D eigenvalue weighted by atomic mass is 32.2. The Morgan fingerprint density at radius 2 is 2.00 bits per heavy atom. The number of para-hydroxylation sites is 2. The van der Waals surface area contributed by atoms with Gasteiger partial charge >= 0.3 is 0 Å². The van der Waals surface area contributed by atoms with Crippen LogP contribution in [0.15, 0.2) is 33.4 Å². The van der Waals surface area contributed by atoms with E-state index in [4.69, 9.17) is 0 Å². The summed E-state index contributed by atoms with van der Waals surface area (Å²) in [5.74, 6) is -0.155. The van der Waals surface area contributed by atoms with Crippen molar-refractivity contribution in [1.29, 1.82) is 0 Å². The third-order valence-electron chi connectivity index (χ3n) is 4.83. The highest BCUT2D eigenvalue weighted by Gasteiger charge is 2.30. The molecule has 2 amide bonds. The summed E-state index contributed by atoms with van der Waals surface area (Å²) in [6, 6.07) is 6.97. The number of hydrogen-bond donors (Lipinski definition) is 1. The molecule has 0 unspecified atom stereocenters. The number of nitrogens with zero attached hydrogens (tertiary/aromatic N) is 5. The lowest BCUT2D eigenvalue weighted by Crippen LogP contribution is -2.40. The van der Waals surface area contributed by atoms with Gasteiger partial charge in [0.25, 0.3) is 5.56 Å². The molecular formula is C20H22N6O3S2. The molecule has 1 aliphatic rings. The van der Waals surface area contributed by atoms with Crippen LogP contribution in [0.3, 0.4) is 0 Å². The van der Waals surface area contributed by atoms with Crippen molar-refractivity contribution in [2.45, 2.75) is 49.9 Å². The van der Waals surface area contributed by atoms with E-state index in [-0.39, 0.29) is 35.6 Å². The third-order valence-corrected chi connectivity index (χ3v) is 6.85. The van der Waals surface area contributed by atoms with E-state index in [9.17, 15) is 14.4 Å². The van der Waals surface area contributed by atoms with Crippen molar-refractivity contribution in [3.8, 4) is 0 Å². The first kappa shape index (κ1) is 21.4. The number of carbonyl (C=O) groups is 2. The Balaban J connectivity index is 1.57. The predicted molar refractivity (Wildman–Crippen MR) is 121 cm³/mol. The Bertz CT molecular complexity index is 1230. The van der Waals surface area contributed by atoms with E-state index in [1.807, 2.05) is 45.9 Å². The fraction of sp³-hybridized carbons (Fsp3) is 0.400. The van der Waals surface area contributed by atoms with Crippen LogP contribution in [0.4, 0.5) is 11.4 Å². The number of fused-ring (bicyclic) bond motifs is 2. The largest absolute Gasteiger partial charge is 0.324 e. The van der Waals surface area contributed by atoms with Crippen LogP contribution in [0, 0.1) is 0 Å². The van der Waals surface area contributed by atoms with Crippen LogP contribution >= 0.6 is 23.1 Å². The van der Waals surface area contributed by atoms with Gasteiger partial charge in [-0.2, -0.15) is 4.52 Å². The lowest BCUT2D eigenvalue weighted by Gasteiger charge is -2.27. The molecule has 162 valence electrons. The number of amides is 2. The summed E-state index contributed by atoms with van der Waals surface area (Å²) in [6.07, 6.45) is 0.215. The first-order chi connectivity index (χ1) is 14.6. The van der Waals surface area contributed by atoms with E-state index < -0.39 is 5.41 Å². The number of anilines is 2. The SMILES string of the molecule is C[C@@H]1CC(=O)Nc2ccccc2N1C(=O)CSc1nn2c(=O)c(C(C)(C)C)nnc2s1. The van der Waals surface area contributed by atoms with E-state index in [1.54, 1.807) is 11.0 Å². The predicted octanol–water partition coefficient (Wildman–Crippen LogP) is 2.70. The van der Waals surface area contributed by atoms with Crippen molar-refractivity contribution in [3.05, 3.63) is 40.3 Å². The molecule has 1 aromatic carbocycles. The smallest absolute Gasteiger partial charge is 0.297 e. The Morgan fingerprint density at radius 1 is 1.26 bits per heavy atom. The molecule has 0 spiro atoms. The minimum Gasteiger partial charge on any atom is -0.324 e. The van der Waals surface area contributed by atoms with E-state index in [0.29, 0.717) is 26.4 Å². The fourth-order valence-corrected chi connectivity index (χ4v) is 5.12. The monoisotopic (exact) mass is 458 g/mol. The summed E-state index contributed by atoms with van der Waals surface area (Å²) < 4.78 is 1.80. The Hall–Kier alpha value is -2.79. The molecule has 0 saturated carbocycles. The molecule has 1 atom stereocenters. The molecule has 1 N–H and O–H groups in total. The molecule has 3 aromatic rings. The lowest BCUT2D eigenvalue weighted by molar-refractivity contribution is -0.117. The number of benzene rings is 1. The maximum Gasteiger partial charge on any atom is 0.297 e. The van der Waals surface area contributed by atoms with Gasteiger partial charge in [0.05, 0.1) is 17.1 Å². The zero-order valence-corrected chi connectivity index (χ0v) is 19.2. The molecule has 1 aliphatic heterocycles. The van der Waals surface area contributed by atoms with E-state index in [0.717, 1.165) is 0 Å². The zero-order chi connectivity index (χ0) is 22.3. The second kappa shape index (κ2) is 8.04. The molecule has 0 radical (unpaired) electrons. The summed E-state index contributed by atoms with van der Waals surface area (Å²) in [5.41, 5.74) is 0.890. The number of thioether (sulfide) groups is 1. The molecule has 11 heteroatoms. The second-order valence-electron chi connectivity index (χ2n) is 8.34.